The number of ether oxygens (including phenoxy) is 1. The summed E-state index contributed by atoms with van der Waals surface area (Å²) < 4.78 is 19.3. The van der Waals surface area contributed by atoms with E-state index in [1.807, 2.05) is 12.1 Å². The van der Waals surface area contributed by atoms with E-state index in [4.69, 9.17) is 16.3 Å². The van der Waals surface area contributed by atoms with Crippen LogP contribution in [-0.2, 0) is 14.9 Å². The molecule has 27 heavy (non-hydrogen) atoms. The number of benzene rings is 1. The molecule has 2 aromatic heterocycles. The molecule has 3 heterocycles. The Bertz CT molecular complexity index is 1010. The molecule has 1 aliphatic heterocycles. The van der Waals surface area contributed by atoms with Crippen LogP contribution in [0.3, 0.4) is 0 Å². The number of hydrogen-bond acceptors (Lipinski definition) is 4. The van der Waals surface area contributed by atoms with E-state index in [1.165, 1.54) is 13.3 Å². The summed E-state index contributed by atoms with van der Waals surface area (Å²) >= 11 is 6.62. The first kappa shape index (κ1) is 17.9. The van der Waals surface area contributed by atoms with Gasteiger partial charge in [-0.25, -0.2) is 9.37 Å². The SMILES string of the molecule is COC(=O)C1(c2ccc(-c3ccnc4[nH]cc(F)c34)cc2Cl)CCNCC1. The summed E-state index contributed by atoms with van der Waals surface area (Å²) in [6.45, 7) is 1.43. The summed E-state index contributed by atoms with van der Waals surface area (Å²) in [4.78, 5) is 19.6. The van der Waals surface area contributed by atoms with E-state index in [0.29, 0.717) is 47.6 Å². The van der Waals surface area contributed by atoms with Crippen molar-refractivity contribution in [3.05, 3.63) is 53.1 Å². The minimum absolute atomic E-state index is 0.276. The zero-order valence-electron chi connectivity index (χ0n) is 14.8. The van der Waals surface area contributed by atoms with Crippen LogP contribution in [0.2, 0.25) is 5.02 Å². The number of fused-ring (bicyclic) bond motifs is 1. The molecule has 0 bridgehead atoms. The minimum Gasteiger partial charge on any atom is -0.468 e. The van der Waals surface area contributed by atoms with E-state index in [2.05, 4.69) is 15.3 Å². The second-order valence-corrected chi connectivity index (χ2v) is 7.14. The number of esters is 1. The summed E-state index contributed by atoms with van der Waals surface area (Å²) in [6, 6.07) is 7.27. The molecule has 0 aliphatic carbocycles. The highest BCUT2D eigenvalue weighted by atomic mass is 35.5. The molecule has 1 saturated heterocycles. The van der Waals surface area contributed by atoms with Crippen molar-refractivity contribution in [1.82, 2.24) is 15.3 Å². The fourth-order valence-corrected chi connectivity index (χ4v) is 4.32. The second-order valence-electron chi connectivity index (χ2n) is 6.74. The van der Waals surface area contributed by atoms with Gasteiger partial charge in [0.05, 0.1) is 17.9 Å². The van der Waals surface area contributed by atoms with Crippen LogP contribution in [0.15, 0.2) is 36.7 Å². The molecule has 5 nitrogen and oxygen atoms in total. The van der Waals surface area contributed by atoms with Crippen LogP contribution in [0.25, 0.3) is 22.2 Å². The van der Waals surface area contributed by atoms with Crippen molar-refractivity contribution in [2.75, 3.05) is 20.2 Å². The van der Waals surface area contributed by atoms with E-state index < -0.39 is 5.41 Å². The predicted molar refractivity (Wildman–Crippen MR) is 102 cm³/mol. The number of piperidine rings is 1. The first-order valence-corrected chi connectivity index (χ1v) is 9.16. The number of rotatable bonds is 3. The quantitative estimate of drug-likeness (QED) is 0.670. The lowest BCUT2D eigenvalue weighted by molar-refractivity contribution is -0.148. The lowest BCUT2D eigenvalue weighted by Crippen LogP contribution is -2.46. The Kier molecular flexibility index (Phi) is 4.61. The highest BCUT2D eigenvalue weighted by Crippen LogP contribution is 2.41. The molecule has 0 atom stereocenters. The molecule has 0 unspecified atom stereocenters. The van der Waals surface area contributed by atoms with Crippen LogP contribution in [0.1, 0.15) is 18.4 Å². The topological polar surface area (TPSA) is 67.0 Å². The Morgan fingerprint density at radius 3 is 2.78 bits per heavy atom. The molecular weight excluding hydrogens is 369 g/mol. The predicted octanol–water partition coefficient (Wildman–Crippen LogP) is 3.82. The van der Waals surface area contributed by atoms with E-state index >= 15 is 0 Å². The molecule has 0 amide bonds. The molecule has 140 valence electrons. The van der Waals surface area contributed by atoms with E-state index in [1.54, 1.807) is 18.3 Å². The number of aromatic amines is 1. The molecule has 1 fully saturated rings. The molecule has 0 spiro atoms. The largest absolute Gasteiger partial charge is 0.468 e. The third kappa shape index (κ3) is 2.89. The van der Waals surface area contributed by atoms with Crippen LogP contribution < -0.4 is 5.32 Å². The van der Waals surface area contributed by atoms with Gasteiger partial charge in [-0.2, -0.15) is 0 Å². The van der Waals surface area contributed by atoms with Gasteiger partial charge in [0.25, 0.3) is 0 Å². The third-order valence-corrected chi connectivity index (χ3v) is 5.67. The Labute approximate surface area is 160 Å². The molecule has 1 aliphatic rings. The lowest BCUT2D eigenvalue weighted by Gasteiger charge is -2.36. The fraction of sp³-hybridized carbons (Fsp3) is 0.300. The van der Waals surface area contributed by atoms with E-state index in [9.17, 15) is 9.18 Å². The maximum atomic E-state index is 14.2. The van der Waals surface area contributed by atoms with Crippen molar-refractivity contribution in [3.63, 3.8) is 0 Å². The van der Waals surface area contributed by atoms with Gasteiger partial charge in [0.1, 0.15) is 5.65 Å². The van der Waals surface area contributed by atoms with Gasteiger partial charge in [-0.15, -0.1) is 0 Å². The molecule has 4 rings (SSSR count). The van der Waals surface area contributed by atoms with Crippen molar-refractivity contribution < 1.29 is 13.9 Å². The third-order valence-electron chi connectivity index (χ3n) is 5.35. The molecular formula is C20H19ClFN3O2. The van der Waals surface area contributed by atoms with E-state index in [-0.39, 0.29) is 11.8 Å². The molecule has 7 heteroatoms. The van der Waals surface area contributed by atoms with Gasteiger partial charge in [0.2, 0.25) is 0 Å². The monoisotopic (exact) mass is 387 g/mol. The number of aromatic nitrogens is 2. The standard InChI is InChI=1S/C20H19ClFN3O2/c1-27-19(26)20(5-8-23-9-6-20)14-3-2-12(10-15(14)21)13-4-7-24-18-17(13)16(22)11-25-18/h2-4,7,10-11,23H,5-6,8-9H2,1H3,(H,24,25). The smallest absolute Gasteiger partial charge is 0.316 e. The van der Waals surface area contributed by atoms with Crippen molar-refractivity contribution >= 4 is 28.6 Å². The fourth-order valence-electron chi connectivity index (χ4n) is 3.96. The van der Waals surface area contributed by atoms with Crippen molar-refractivity contribution in [3.8, 4) is 11.1 Å². The zero-order chi connectivity index (χ0) is 19.0. The normalized spacial score (nSPS) is 16.4. The number of hydrogen-bond donors (Lipinski definition) is 2. The van der Waals surface area contributed by atoms with E-state index in [0.717, 1.165) is 11.1 Å². The first-order valence-electron chi connectivity index (χ1n) is 8.78. The summed E-state index contributed by atoms with van der Waals surface area (Å²) in [7, 11) is 1.40. The number of methoxy groups -OCH3 is 1. The molecule has 1 aromatic carbocycles. The molecule has 3 aromatic rings. The Morgan fingerprint density at radius 1 is 1.30 bits per heavy atom. The number of H-pyrrole nitrogens is 1. The number of halogens is 2. The van der Waals surface area contributed by atoms with Crippen molar-refractivity contribution in [1.29, 1.82) is 0 Å². The van der Waals surface area contributed by atoms with Gasteiger partial charge in [-0.3, -0.25) is 4.79 Å². The first-order chi connectivity index (χ1) is 13.1. The van der Waals surface area contributed by atoms with Gasteiger partial charge >= 0.3 is 5.97 Å². The highest BCUT2D eigenvalue weighted by Gasteiger charge is 2.43. The van der Waals surface area contributed by atoms with Gasteiger partial charge < -0.3 is 15.0 Å². The van der Waals surface area contributed by atoms with Gasteiger partial charge in [-0.05, 0) is 54.8 Å². The van der Waals surface area contributed by atoms with Gasteiger partial charge in [-0.1, -0.05) is 23.7 Å². The maximum Gasteiger partial charge on any atom is 0.316 e. The Balaban J connectivity index is 1.83. The van der Waals surface area contributed by atoms with Gasteiger partial charge in [0, 0.05) is 17.4 Å². The number of carbonyl (C=O) groups is 1. The zero-order valence-corrected chi connectivity index (χ0v) is 15.6. The average molecular weight is 388 g/mol. The number of pyridine rings is 1. The van der Waals surface area contributed by atoms with Crippen LogP contribution in [0.5, 0.6) is 0 Å². The average Bonchev–Trinajstić information content (AvgIpc) is 3.09. The number of carbonyl (C=O) groups excluding carboxylic acids is 1. The summed E-state index contributed by atoms with van der Waals surface area (Å²) in [5.41, 5.74) is 1.94. The van der Waals surface area contributed by atoms with Crippen LogP contribution in [-0.4, -0.2) is 36.1 Å². The molecule has 0 saturated carbocycles. The summed E-state index contributed by atoms with van der Waals surface area (Å²) in [5, 5.41) is 4.16. The molecule has 2 N–H and O–H groups in total. The van der Waals surface area contributed by atoms with Gasteiger partial charge in [0.15, 0.2) is 5.82 Å². The summed E-state index contributed by atoms with van der Waals surface area (Å²) in [5.74, 6) is -0.640. The van der Waals surface area contributed by atoms with Crippen LogP contribution >= 0.6 is 11.6 Å². The summed E-state index contributed by atoms with van der Waals surface area (Å²) in [6.07, 6.45) is 4.14. The van der Waals surface area contributed by atoms with Crippen molar-refractivity contribution in [2.45, 2.75) is 18.3 Å². The number of nitrogens with zero attached hydrogens (tertiary/aromatic N) is 1. The maximum absolute atomic E-state index is 14.2. The molecule has 0 radical (unpaired) electrons. The van der Waals surface area contributed by atoms with Crippen molar-refractivity contribution in [2.24, 2.45) is 0 Å². The minimum atomic E-state index is -0.761. The highest BCUT2D eigenvalue weighted by molar-refractivity contribution is 6.32. The Hall–Kier alpha value is -2.44. The second kappa shape index (κ2) is 6.94. The number of nitrogens with one attached hydrogen (secondary N) is 2. The van der Waals surface area contributed by atoms with Crippen LogP contribution in [0.4, 0.5) is 4.39 Å². The van der Waals surface area contributed by atoms with Crippen LogP contribution in [0, 0.1) is 5.82 Å². The lowest BCUT2D eigenvalue weighted by atomic mass is 9.73. The Morgan fingerprint density at radius 2 is 2.07 bits per heavy atom.